The van der Waals surface area contributed by atoms with Gasteiger partial charge in [0.1, 0.15) is 5.82 Å². The zero-order valence-electron chi connectivity index (χ0n) is 9.17. The number of nitrogens with zero attached hydrogens (tertiary/aromatic N) is 2. The average Bonchev–Trinajstić information content (AvgIpc) is 2.80. The summed E-state index contributed by atoms with van der Waals surface area (Å²) >= 11 is 0. The average molecular weight is 221 g/mol. The minimum absolute atomic E-state index is 0.857. The van der Waals surface area contributed by atoms with Crippen LogP contribution in [0.3, 0.4) is 0 Å². The summed E-state index contributed by atoms with van der Waals surface area (Å²) in [6.45, 7) is 0. The standard InChI is InChI=1S/C14H11N3/c1-2-6-13-12(5-1)16-14(17-13)8-7-11-4-3-9-15-10-11/h1-10H,(H,16,17)/b8-7+. The van der Waals surface area contributed by atoms with Gasteiger partial charge in [0.2, 0.25) is 0 Å². The first-order valence-corrected chi connectivity index (χ1v) is 5.45. The molecule has 2 heterocycles. The number of hydrogen-bond acceptors (Lipinski definition) is 2. The number of rotatable bonds is 2. The number of hydrogen-bond donors (Lipinski definition) is 1. The molecular weight excluding hydrogens is 210 g/mol. The number of imidazole rings is 1. The van der Waals surface area contributed by atoms with Gasteiger partial charge in [0.15, 0.2) is 0 Å². The molecule has 0 amide bonds. The molecular formula is C14H11N3. The molecule has 0 saturated carbocycles. The lowest BCUT2D eigenvalue weighted by Gasteiger charge is -1.88. The number of aromatic nitrogens is 3. The minimum atomic E-state index is 0.857. The summed E-state index contributed by atoms with van der Waals surface area (Å²) in [5.74, 6) is 0.857. The van der Waals surface area contributed by atoms with Gasteiger partial charge < -0.3 is 4.98 Å². The molecule has 3 rings (SSSR count). The van der Waals surface area contributed by atoms with Crippen LogP contribution in [-0.4, -0.2) is 15.0 Å². The fraction of sp³-hybridized carbons (Fsp3) is 0. The van der Waals surface area contributed by atoms with Crippen molar-refractivity contribution in [2.75, 3.05) is 0 Å². The van der Waals surface area contributed by atoms with E-state index in [-0.39, 0.29) is 0 Å². The molecule has 0 fully saturated rings. The van der Waals surface area contributed by atoms with Gasteiger partial charge in [0.05, 0.1) is 11.0 Å². The van der Waals surface area contributed by atoms with Gasteiger partial charge in [-0.3, -0.25) is 4.98 Å². The number of para-hydroxylation sites is 2. The maximum Gasteiger partial charge on any atom is 0.131 e. The van der Waals surface area contributed by atoms with Crippen LogP contribution in [-0.2, 0) is 0 Å². The lowest BCUT2D eigenvalue weighted by molar-refractivity contribution is 1.29. The Morgan fingerprint density at radius 3 is 2.76 bits per heavy atom. The van der Waals surface area contributed by atoms with E-state index in [1.165, 1.54) is 0 Å². The molecule has 0 bridgehead atoms. The van der Waals surface area contributed by atoms with Crippen LogP contribution in [0.4, 0.5) is 0 Å². The highest BCUT2D eigenvalue weighted by atomic mass is 14.9. The van der Waals surface area contributed by atoms with Crippen LogP contribution in [0.1, 0.15) is 11.4 Å². The number of pyridine rings is 1. The van der Waals surface area contributed by atoms with Crippen molar-refractivity contribution < 1.29 is 0 Å². The molecule has 3 aromatic rings. The quantitative estimate of drug-likeness (QED) is 0.722. The number of nitrogens with one attached hydrogen (secondary N) is 1. The van der Waals surface area contributed by atoms with Crippen molar-refractivity contribution >= 4 is 23.2 Å². The van der Waals surface area contributed by atoms with Gasteiger partial charge in [-0.05, 0) is 35.9 Å². The lowest BCUT2D eigenvalue weighted by atomic mass is 10.2. The highest BCUT2D eigenvalue weighted by molar-refractivity contribution is 5.78. The lowest BCUT2D eigenvalue weighted by Crippen LogP contribution is -1.75. The number of aromatic amines is 1. The molecule has 0 radical (unpaired) electrons. The molecule has 0 unspecified atom stereocenters. The molecule has 17 heavy (non-hydrogen) atoms. The van der Waals surface area contributed by atoms with Gasteiger partial charge >= 0.3 is 0 Å². The van der Waals surface area contributed by atoms with E-state index >= 15 is 0 Å². The summed E-state index contributed by atoms with van der Waals surface area (Å²) in [6, 6.07) is 11.9. The Kier molecular flexibility index (Phi) is 2.43. The van der Waals surface area contributed by atoms with E-state index in [0.717, 1.165) is 22.4 Å². The summed E-state index contributed by atoms with van der Waals surface area (Å²) in [4.78, 5) is 11.8. The van der Waals surface area contributed by atoms with Crippen LogP contribution in [0, 0.1) is 0 Å². The maximum absolute atomic E-state index is 4.47. The van der Waals surface area contributed by atoms with Crippen LogP contribution in [0.15, 0.2) is 48.8 Å². The van der Waals surface area contributed by atoms with Crippen molar-refractivity contribution in [3.05, 3.63) is 60.2 Å². The molecule has 0 spiro atoms. The molecule has 0 atom stereocenters. The van der Waals surface area contributed by atoms with Crippen LogP contribution in [0.2, 0.25) is 0 Å². The molecule has 0 aliphatic rings. The Morgan fingerprint density at radius 2 is 1.94 bits per heavy atom. The van der Waals surface area contributed by atoms with E-state index < -0.39 is 0 Å². The molecule has 3 heteroatoms. The molecule has 0 saturated heterocycles. The summed E-state index contributed by atoms with van der Waals surface area (Å²) in [5, 5.41) is 0. The van der Waals surface area contributed by atoms with E-state index in [1.807, 2.05) is 54.7 Å². The molecule has 0 aliphatic carbocycles. The number of fused-ring (bicyclic) bond motifs is 1. The largest absolute Gasteiger partial charge is 0.338 e. The van der Waals surface area contributed by atoms with Gasteiger partial charge in [0, 0.05) is 12.4 Å². The number of benzene rings is 1. The van der Waals surface area contributed by atoms with E-state index in [9.17, 15) is 0 Å². The molecule has 3 nitrogen and oxygen atoms in total. The van der Waals surface area contributed by atoms with Crippen LogP contribution in [0.25, 0.3) is 23.2 Å². The molecule has 82 valence electrons. The van der Waals surface area contributed by atoms with Crippen molar-refractivity contribution in [2.45, 2.75) is 0 Å². The Hall–Kier alpha value is -2.42. The smallest absolute Gasteiger partial charge is 0.131 e. The third kappa shape index (κ3) is 2.08. The van der Waals surface area contributed by atoms with E-state index in [0.29, 0.717) is 0 Å². The topological polar surface area (TPSA) is 41.6 Å². The second-order valence-corrected chi connectivity index (χ2v) is 3.76. The second-order valence-electron chi connectivity index (χ2n) is 3.76. The van der Waals surface area contributed by atoms with Crippen molar-refractivity contribution in [3.8, 4) is 0 Å². The van der Waals surface area contributed by atoms with Crippen molar-refractivity contribution in [2.24, 2.45) is 0 Å². The van der Waals surface area contributed by atoms with Crippen molar-refractivity contribution in [3.63, 3.8) is 0 Å². The fourth-order valence-corrected chi connectivity index (χ4v) is 1.70. The highest BCUT2D eigenvalue weighted by Gasteiger charge is 1.97. The predicted octanol–water partition coefficient (Wildman–Crippen LogP) is 3.13. The van der Waals surface area contributed by atoms with Crippen LogP contribution >= 0.6 is 0 Å². The van der Waals surface area contributed by atoms with E-state index in [4.69, 9.17) is 0 Å². The Balaban J connectivity index is 1.92. The zero-order valence-corrected chi connectivity index (χ0v) is 9.17. The summed E-state index contributed by atoms with van der Waals surface area (Å²) < 4.78 is 0. The van der Waals surface area contributed by atoms with Crippen molar-refractivity contribution in [1.82, 2.24) is 15.0 Å². The third-order valence-electron chi connectivity index (χ3n) is 2.53. The summed E-state index contributed by atoms with van der Waals surface area (Å²) in [5.41, 5.74) is 3.10. The second kappa shape index (κ2) is 4.22. The van der Waals surface area contributed by atoms with E-state index in [2.05, 4.69) is 15.0 Å². The van der Waals surface area contributed by atoms with Gasteiger partial charge in [-0.25, -0.2) is 4.98 Å². The molecule has 1 aromatic carbocycles. The van der Waals surface area contributed by atoms with Gasteiger partial charge in [-0.2, -0.15) is 0 Å². The Bertz CT molecular complexity index is 620. The Morgan fingerprint density at radius 1 is 1.00 bits per heavy atom. The number of H-pyrrole nitrogens is 1. The van der Waals surface area contributed by atoms with E-state index in [1.54, 1.807) is 6.20 Å². The van der Waals surface area contributed by atoms with Crippen LogP contribution < -0.4 is 0 Å². The summed E-state index contributed by atoms with van der Waals surface area (Å²) in [6.07, 6.45) is 7.53. The van der Waals surface area contributed by atoms with Gasteiger partial charge in [-0.1, -0.05) is 18.2 Å². The first-order valence-electron chi connectivity index (χ1n) is 5.45. The summed E-state index contributed by atoms with van der Waals surface area (Å²) in [7, 11) is 0. The third-order valence-corrected chi connectivity index (χ3v) is 2.53. The molecule has 0 aliphatic heterocycles. The predicted molar refractivity (Wildman–Crippen MR) is 69.3 cm³/mol. The monoisotopic (exact) mass is 221 g/mol. The highest BCUT2D eigenvalue weighted by Crippen LogP contribution is 2.12. The van der Waals surface area contributed by atoms with Crippen molar-refractivity contribution in [1.29, 1.82) is 0 Å². The Labute approximate surface area is 98.9 Å². The molecule has 1 N–H and O–H groups in total. The van der Waals surface area contributed by atoms with Crippen LogP contribution in [0.5, 0.6) is 0 Å². The first-order chi connectivity index (χ1) is 8.42. The fourth-order valence-electron chi connectivity index (χ4n) is 1.70. The molecule has 2 aromatic heterocycles. The van der Waals surface area contributed by atoms with Gasteiger partial charge in [-0.15, -0.1) is 0 Å². The minimum Gasteiger partial charge on any atom is -0.338 e. The zero-order chi connectivity index (χ0) is 11.5. The first kappa shape index (κ1) is 9.78. The van der Waals surface area contributed by atoms with Gasteiger partial charge in [0.25, 0.3) is 0 Å². The normalized spacial score (nSPS) is 11.3. The SMILES string of the molecule is C(=C\c1nc2ccccc2[nH]1)/c1cccnc1. The maximum atomic E-state index is 4.47.